The van der Waals surface area contributed by atoms with Crippen LogP contribution in [0.5, 0.6) is 0 Å². The molecule has 7 rings (SSSR count). The number of likely N-dealkylation sites (tertiary alicyclic amines) is 2. The molecule has 2 nitrogen and oxygen atoms in total. The van der Waals surface area contributed by atoms with E-state index < -0.39 is 0 Å². The summed E-state index contributed by atoms with van der Waals surface area (Å²) >= 11 is 0. The van der Waals surface area contributed by atoms with E-state index in [1.165, 1.54) is 189 Å². The SMILES string of the molecule is C[N+]1(C)CCC([C](C2CCCCC2)C2CCCCC2)CC1.C[N+]1(C)CCC([C](C2CCCCC2)C2CCCCC2)CC1.[CH+]=C1C=C[CH-]C=C1.[Cl-].[Cl-].[Ru+2]. The van der Waals surface area contributed by atoms with Gasteiger partial charge in [0.1, 0.15) is 0 Å². The summed E-state index contributed by atoms with van der Waals surface area (Å²) in [5, 5.41) is 0. The van der Waals surface area contributed by atoms with Crippen molar-refractivity contribution >= 4 is 0 Å². The summed E-state index contributed by atoms with van der Waals surface area (Å²) in [6.45, 7) is 11.0. The molecule has 2 saturated heterocycles. The number of hydrogen-bond acceptors (Lipinski definition) is 0. The van der Waals surface area contributed by atoms with Crippen molar-refractivity contribution in [1.29, 1.82) is 0 Å². The molecule has 6 fully saturated rings. The molecule has 0 N–H and O–H groups in total. The molecule has 5 aliphatic carbocycles. The van der Waals surface area contributed by atoms with Gasteiger partial charge in [0.2, 0.25) is 0 Å². The molecule has 0 aromatic rings. The molecule has 298 valence electrons. The number of halogens is 2. The van der Waals surface area contributed by atoms with Gasteiger partial charge in [0.15, 0.2) is 0 Å². The van der Waals surface area contributed by atoms with Gasteiger partial charge >= 0.3 is 19.5 Å². The molecule has 0 unspecified atom stereocenters. The van der Waals surface area contributed by atoms with Crippen LogP contribution in [0.4, 0.5) is 0 Å². The molecular formula is C47H80Cl2N2Ru+2. The quantitative estimate of drug-likeness (QED) is 0.173. The fraction of sp³-hybridized carbons (Fsp3) is 0.809. The van der Waals surface area contributed by atoms with Crippen LogP contribution in [0.15, 0.2) is 29.9 Å². The zero-order valence-electron chi connectivity index (χ0n) is 34.2. The third-order valence-electron chi connectivity index (χ3n) is 14.4. The monoisotopic (exact) mass is 844 g/mol. The first-order valence-electron chi connectivity index (χ1n) is 21.9. The molecule has 0 aromatic carbocycles. The third-order valence-corrected chi connectivity index (χ3v) is 14.4. The summed E-state index contributed by atoms with van der Waals surface area (Å²) in [4.78, 5) is 0. The average molecular weight is 845 g/mol. The van der Waals surface area contributed by atoms with Gasteiger partial charge in [-0.25, -0.2) is 0 Å². The van der Waals surface area contributed by atoms with Gasteiger partial charge < -0.3 is 33.8 Å². The van der Waals surface area contributed by atoms with E-state index in [0.29, 0.717) is 0 Å². The van der Waals surface area contributed by atoms with E-state index in [-0.39, 0.29) is 44.3 Å². The molecule has 52 heavy (non-hydrogen) atoms. The molecule has 0 amide bonds. The molecule has 0 atom stereocenters. The minimum Gasteiger partial charge on any atom is -1.00 e. The summed E-state index contributed by atoms with van der Waals surface area (Å²) < 4.78 is 2.53. The van der Waals surface area contributed by atoms with Crippen molar-refractivity contribution < 1.29 is 53.3 Å². The standard InChI is InChI=1S/2C20H37N.C7H6.2ClH.Ru/c2*1-21(2)15-13-19(14-16-21)20(17-9-5-3-6-10-17)18-11-7-4-8-12-18;1-7-5-3-2-4-6-7;;;/h2*17-19H,3-16H2,1-2H3;1-6H;2*1H;/q2*+1;;;;+2/p-2. The van der Waals surface area contributed by atoms with Gasteiger partial charge in [0, 0.05) is 25.7 Å². The number of nitrogens with zero attached hydrogens (tertiary/aromatic N) is 2. The molecule has 7 aliphatic rings. The molecule has 2 radical (unpaired) electrons. The van der Waals surface area contributed by atoms with E-state index in [0.717, 1.165) is 41.1 Å². The van der Waals surface area contributed by atoms with Crippen LogP contribution < -0.4 is 24.8 Å². The van der Waals surface area contributed by atoms with Gasteiger partial charge in [-0.05, 0) is 104 Å². The van der Waals surface area contributed by atoms with Crippen molar-refractivity contribution in [3.05, 3.63) is 54.7 Å². The Morgan fingerprint density at radius 1 is 0.442 bits per heavy atom. The number of hydrogen-bond donors (Lipinski definition) is 0. The molecule has 5 heteroatoms. The Balaban J connectivity index is 0.000000290. The van der Waals surface area contributed by atoms with Crippen LogP contribution in [0.3, 0.4) is 0 Å². The number of allylic oxidation sites excluding steroid dienone is 5. The summed E-state index contributed by atoms with van der Waals surface area (Å²) in [5.41, 5.74) is 0.822. The Kier molecular flexibility index (Phi) is 22.9. The van der Waals surface area contributed by atoms with Crippen molar-refractivity contribution in [2.45, 2.75) is 154 Å². The van der Waals surface area contributed by atoms with E-state index in [1.54, 1.807) is 0 Å². The number of piperidine rings is 2. The molecule has 0 aromatic heterocycles. The van der Waals surface area contributed by atoms with Gasteiger partial charge in [0.25, 0.3) is 0 Å². The molecule has 4 saturated carbocycles. The predicted octanol–water partition coefficient (Wildman–Crippen LogP) is 6.10. The second-order valence-electron chi connectivity index (χ2n) is 19.1. The molecule has 0 spiro atoms. The van der Waals surface area contributed by atoms with E-state index in [9.17, 15) is 0 Å². The Labute approximate surface area is 350 Å². The second-order valence-corrected chi connectivity index (χ2v) is 19.1. The van der Waals surface area contributed by atoms with Crippen molar-refractivity contribution in [3.8, 4) is 0 Å². The summed E-state index contributed by atoms with van der Waals surface area (Å²) in [6, 6.07) is 0. The summed E-state index contributed by atoms with van der Waals surface area (Å²) in [7, 11) is 9.71. The maximum atomic E-state index is 5.36. The first-order chi connectivity index (χ1) is 23.7. The van der Waals surface area contributed by atoms with Gasteiger partial charge in [-0.3, -0.25) is 0 Å². The van der Waals surface area contributed by atoms with Crippen molar-refractivity contribution in [1.82, 2.24) is 0 Å². The zero-order valence-corrected chi connectivity index (χ0v) is 37.5. The first-order valence-corrected chi connectivity index (χ1v) is 21.9. The maximum absolute atomic E-state index is 5.36. The van der Waals surface area contributed by atoms with E-state index in [2.05, 4.69) is 40.0 Å². The van der Waals surface area contributed by atoms with Crippen molar-refractivity contribution in [2.24, 2.45) is 35.5 Å². The van der Waals surface area contributed by atoms with Crippen LogP contribution in [0.25, 0.3) is 0 Å². The molecule has 2 aliphatic heterocycles. The fourth-order valence-corrected chi connectivity index (χ4v) is 11.4. The van der Waals surface area contributed by atoms with Crippen LogP contribution in [-0.2, 0) is 19.5 Å². The molecule has 0 bridgehead atoms. The van der Waals surface area contributed by atoms with Gasteiger partial charge in [0.05, 0.1) is 54.4 Å². The Bertz CT molecular complexity index is 880. The Hall–Kier alpha value is 0.123. The minimum absolute atomic E-state index is 0. The second kappa shape index (κ2) is 24.7. The fourth-order valence-electron chi connectivity index (χ4n) is 11.4. The van der Waals surface area contributed by atoms with Gasteiger partial charge in [-0.1, -0.05) is 83.6 Å². The number of quaternary nitrogens is 2. The predicted molar refractivity (Wildman–Crippen MR) is 212 cm³/mol. The first kappa shape index (κ1) is 48.3. The minimum atomic E-state index is 0. The van der Waals surface area contributed by atoms with Crippen molar-refractivity contribution in [2.75, 3.05) is 54.4 Å². The van der Waals surface area contributed by atoms with Crippen LogP contribution >= 0.6 is 0 Å². The van der Waals surface area contributed by atoms with E-state index in [1.807, 2.05) is 30.7 Å². The van der Waals surface area contributed by atoms with Crippen LogP contribution in [0.2, 0.25) is 0 Å². The Morgan fingerprint density at radius 3 is 0.885 bits per heavy atom. The molecule has 2 heterocycles. The zero-order chi connectivity index (χ0) is 34.5. The smallest absolute Gasteiger partial charge is 1.00 e. The maximum Gasteiger partial charge on any atom is 2.00 e. The third kappa shape index (κ3) is 15.6. The Morgan fingerprint density at radius 2 is 0.673 bits per heavy atom. The average Bonchev–Trinajstić information content (AvgIpc) is 3.13. The number of rotatable bonds is 6. The largest absolute Gasteiger partial charge is 2.00 e. The molecular weight excluding hydrogens is 765 g/mol. The van der Waals surface area contributed by atoms with E-state index in [4.69, 9.17) is 6.58 Å². The van der Waals surface area contributed by atoms with Crippen LogP contribution in [0.1, 0.15) is 154 Å². The van der Waals surface area contributed by atoms with Gasteiger partial charge in [-0.2, -0.15) is 18.6 Å². The summed E-state index contributed by atoms with van der Waals surface area (Å²) in [5.74, 6) is 10.2. The van der Waals surface area contributed by atoms with Crippen LogP contribution in [-0.4, -0.2) is 63.3 Å². The van der Waals surface area contributed by atoms with Crippen molar-refractivity contribution in [3.63, 3.8) is 0 Å². The van der Waals surface area contributed by atoms with Gasteiger partial charge in [-0.15, -0.1) is 12.2 Å². The normalized spacial score (nSPS) is 26.4. The topological polar surface area (TPSA) is 0 Å². The summed E-state index contributed by atoms with van der Waals surface area (Å²) in [6.07, 6.45) is 45.7. The van der Waals surface area contributed by atoms with E-state index >= 15 is 0 Å². The van der Waals surface area contributed by atoms with Crippen LogP contribution in [0, 0.1) is 60.3 Å².